The number of nitrogens with two attached hydrogens (primary N) is 1. The van der Waals surface area contributed by atoms with Gasteiger partial charge in [-0.3, -0.25) is 14.4 Å². The minimum atomic E-state index is -1.10. The van der Waals surface area contributed by atoms with E-state index < -0.39 is 35.9 Å². The Labute approximate surface area is 327 Å². The summed E-state index contributed by atoms with van der Waals surface area (Å²) in [4.78, 5) is 35.7. The number of Topliss-reactive ketones (excluding diaryl/α,β-unsaturated/α-hetero) is 1. The van der Waals surface area contributed by atoms with E-state index in [1.165, 1.54) is 11.1 Å². The summed E-state index contributed by atoms with van der Waals surface area (Å²) in [6.45, 7) is 9.76. The van der Waals surface area contributed by atoms with Crippen LogP contribution < -0.4 is 5.73 Å². The molecule has 1 aromatic carbocycles. The number of aliphatic hydroxyl groups excluding tert-OH is 4. The molecule has 0 saturated carbocycles. The van der Waals surface area contributed by atoms with E-state index in [0.717, 1.165) is 36.2 Å². The lowest BCUT2D eigenvalue weighted by Gasteiger charge is -2.43. The van der Waals surface area contributed by atoms with Gasteiger partial charge < -0.3 is 40.6 Å². The van der Waals surface area contributed by atoms with Gasteiger partial charge in [0.25, 0.3) is 0 Å². The molecule has 11 heteroatoms. The largest absolute Gasteiger partial charge is 0.481 e. The molecule has 0 radical (unpaired) electrons. The number of ether oxygens (including phenoxy) is 1. The van der Waals surface area contributed by atoms with Crippen molar-refractivity contribution in [3.05, 3.63) is 82.7 Å². The zero-order valence-corrected chi connectivity index (χ0v) is 33.7. The van der Waals surface area contributed by atoms with Gasteiger partial charge in [-0.05, 0) is 106 Å². The number of hydrogen-bond acceptors (Lipinski definition) is 9. The van der Waals surface area contributed by atoms with Crippen LogP contribution in [0.4, 0.5) is 0 Å². The molecule has 1 aromatic heterocycles. The molecule has 0 bridgehead atoms. The fourth-order valence-electron chi connectivity index (χ4n) is 7.56. The number of ketones is 1. The van der Waals surface area contributed by atoms with Gasteiger partial charge in [0.1, 0.15) is 6.10 Å². The van der Waals surface area contributed by atoms with E-state index in [0.29, 0.717) is 38.5 Å². The van der Waals surface area contributed by atoms with E-state index in [1.807, 2.05) is 68.8 Å². The van der Waals surface area contributed by atoms with Crippen molar-refractivity contribution in [2.24, 2.45) is 36.5 Å². The van der Waals surface area contributed by atoms with Crippen molar-refractivity contribution in [1.29, 1.82) is 0 Å². The van der Waals surface area contributed by atoms with Crippen LogP contribution in [0, 0.1) is 30.6 Å². The van der Waals surface area contributed by atoms with Gasteiger partial charge in [-0.2, -0.15) is 0 Å². The Hall–Kier alpha value is -3.61. The van der Waals surface area contributed by atoms with Gasteiger partial charge in [-0.15, -0.1) is 0 Å². The smallest absolute Gasteiger partial charge is 0.308 e. The van der Waals surface area contributed by atoms with Crippen LogP contribution in [0.25, 0.3) is 0 Å². The number of carboxylic acids is 1. The zero-order chi connectivity index (χ0) is 40.9. The lowest BCUT2D eigenvalue weighted by Crippen LogP contribution is -2.43. The number of fused-ring (bicyclic) bond motifs is 1. The van der Waals surface area contributed by atoms with Gasteiger partial charge in [-0.25, -0.2) is 0 Å². The van der Waals surface area contributed by atoms with E-state index >= 15 is 0 Å². The Morgan fingerprint density at radius 3 is 2.45 bits per heavy atom. The van der Waals surface area contributed by atoms with E-state index in [-0.39, 0.29) is 54.9 Å². The summed E-state index contributed by atoms with van der Waals surface area (Å²) in [5, 5.41) is 48.3. The Balaban J connectivity index is 0.000000300. The average Bonchev–Trinajstić information content (AvgIpc) is 3.50. The van der Waals surface area contributed by atoms with Crippen LogP contribution in [0.2, 0.25) is 0 Å². The van der Waals surface area contributed by atoms with Crippen molar-refractivity contribution in [2.75, 3.05) is 6.61 Å². The maximum atomic E-state index is 12.5. The summed E-state index contributed by atoms with van der Waals surface area (Å²) in [5.74, 6) is -1.13. The van der Waals surface area contributed by atoms with Crippen molar-refractivity contribution in [1.82, 2.24) is 4.57 Å². The number of nitrogens with zero attached hydrogens (tertiary/aromatic N) is 1. The molecule has 0 saturated heterocycles. The van der Waals surface area contributed by atoms with Crippen LogP contribution in [0.5, 0.6) is 0 Å². The number of benzene rings is 1. The van der Waals surface area contributed by atoms with Crippen LogP contribution in [0.1, 0.15) is 113 Å². The van der Waals surface area contributed by atoms with Crippen molar-refractivity contribution in [3.63, 3.8) is 0 Å². The van der Waals surface area contributed by atoms with Crippen molar-refractivity contribution in [2.45, 2.75) is 135 Å². The monoisotopic (exact) mass is 766 g/mol. The second-order valence-electron chi connectivity index (χ2n) is 16.2. The molecular formula is C44H66N2O9. The number of aliphatic carboxylic acids is 1. The highest BCUT2D eigenvalue weighted by atomic mass is 16.5. The topological polar surface area (TPSA) is 193 Å². The fraction of sp³-hybridized carbons (Fsp3) is 0.614. The number of carbonyl (C=O) groups excluding carboxylic acids is 2. The third-order valence-electron chi connectivity index (χ3n) is 11.4. The number of aliphatic hydroxyl groups is 4. The molecule has 2 aliphatic carbocycles. The molecule has 0 fully saturated rings. The third-order valence-corrected chi connectivity index (χ3v) is 11.4. The fourth-order valence-corrected chi connectivity index (χ4v) is 7.56. The zero-order valence-electron chi connectivity index (χ0n) is 33.7. The first-order chi connectivity index (χ1) is 26.0. The molecule has 2 aromatic rings. The predicted octanol–water partition coefficient (Wildman–Crippen LogP) is 5.62. The van der Waals surface area contributed by atoms with Crippen molar-refractivity contribution in [3.8, 4) is 0 Å². The van der Waals surface area contributed by atoms with Crippen LogP contribution in [-0.2, 0) is 34.2 Å². The molecule has 0 unspecified atom stereocenters. The third kappa shape index (κ3) is 14.1. The van der Waals surface area contributed by atoms with Crippen molar-refractivity contribution >= 4 is 17.7 Å². The number of aromatic nitrogens is 1. The SMILES string of the molecule is CC[C@H](C)C(=O)O[C@H]1C[C@H](O)C=C2C=C[C@H](C)[C@H](CC[C@@H](O)C[C@@H](O)CC(=O)O)[C@H]21.Cc1ccccc1CCCC(=O)c1ccc(CC[C@@](C)(N)CO)n1C. The highest BCUT2D eigenvalue weighted by molar-refractivity contribution is 5.94. The Morgan fingerprint density at radius 2 is 1.80 bits per heavy atom. The van der Waals surface area contributed by atoms with Crippen LogP contribution in [0.15, 0.2) is 60.2 Å². The number of aryl methyl sites for hydroxylation is 3. The Kier molecular flexibility index (Phi) is 18.0. The highest BCUT2D eigenvalue weighted by Crippen LogP contribution is 2.44. The van der Waals surface area contributed by atoms with E-state index in [2.05, 4.69) is 32.1 Å². The summed E-state index contributed by atoms with van der Waals surface area (Å²) in [6.07, 6.45) is 8.41. The first-order valence-electron chi connectivity index (χ1n) is 19.9. The van der Waals surface area contributed by atoms with Gasteiger partial charge in [0.15, 0.2) is 5.78 Å². The molecule has 0 aliphatic heterocycles. The number of allylic oxidation sites excluding steroid dienone is 2. The summed E-state index contributed by atoms with van der Waals surface area (Å²) < 4.78 is 7.80. The Morgan fingerprint density at radius 1 is 1.09 bits per heavy atom. The second kappa shape index (κ2) is 21.6. The van der Waals surface area contributed by atoms with E-state index in [1.54, 1.807) is 0 Å². The first-order valence-corrected chi connectivity index (χ1v) is 19.9. The molecule has 2 aliphatic rings. The highest BCUT2D eigenvalue weighted by Gasteiger charge is 2.42. The van der Waals surface area contributed by atoms with Crippen LogP contribution in [-0.4, -0.2) is 84.4 Å². The lowest BCUT2D eigenvalue weighted by atomic mass is 9.66. The second-order valence-corrected chi connectivity index (χ2v) is 16.2. The van der Waals surface area contributed by atoms with Gasteiger partial charge >= 0.3 is 11.9 Å². The van der Waals surface area contributed by atoms with Gasteiger partial charge in [0.05, 0.1) is 43.0 Å². The molecule has 55 heavy (non-hydrogen) atoms. The molecule has 9 atom stereocenters. The normalized spacial score (nSPS) is 23.3. The van der Waals surface area contributed by atoms with Gasteiger partial charge in [-0.1, -0.05) is 63.3 Å². The number of carbonyl (C=O) groups is 3. The lowest BCUT2D eigenvalue weighted by molar-refractivity contribution is -0.159. The van der Waals surface area contributed by atoms with Crippen LogP contribution >= 0.6 is 0 Å². The molecule has 0 amide bonds. The molecule has 306 valence electrons. The standard InChI is InChI=1S/C23H36O7.C21H30N2O2/c1-4-13(2)23(29)30-20-11-17(25)9-15-6-5-14(3)19(22(15)20)8-7-16(24)10-18(26)12-21(27)28;1-16-7-4-5-8-17(16)9-6-10-20(25)19-12-11-18(23(19)3)13-14-21(2,22)15-24/h5-6,9,13-14,16-20,22,24-26H,4,7-8,10-12H2,1-3H3,(H,27,28);4-5,7-8,11-12,24H,6,9-10,13-15,22H2,1-3H3/t13-,14-,16+,17+,18+,19-,20-,22-;21-/m01/s1. The molecule has 11 nitrogen and oxygen atoms in total. The quantitative estimate of drug-likeness (QED) is 0.0773. The number of hydrogen-bond donors (Lipinski definition) is 6. The van der Waals surface area contributed by atoms with E-state index in [4.69, 9.17) is 15.6 Å². The summed E-state index contributed by atoms with van der Waals surface area (Å²) in [7, 11) is 1.93. The minimum absolute atomic E-state index is 0.0156. The summed E-state index contributed by atoms with van der Waals surface area (Å²) >= 11 is 0. The summed E-state index contributed by atoms with van der Waals surface area (Å²) in [6, 6.07) is 12.2. The number of rotatable bonds is 19. The van der Waals surface area contributed by atoms with Crippen LogP contribution in [0.3, 0.4) is 0 Å². The maximum Gasteiger partial charge on any atom is 0.308 e. The van der Waals surface area contributed by atoms with Crippen molar-refractivity contribution < 1.29 is 44.7 Å². The molecule has 4 rings (SSSR count). The molecule has 0 spiro atoms. The molecule has 1 heterocycles. The number of esters is 1. The average molecular weight is 767 g/mol. The molecular weight excluding hydrogens is 700 g/mol. The summed E-state index contributed by atoms with van der Waals surface area (Å²) in [5.41, 5.74) is 10.8. The van der Waals surface area contributed by atoms with Gasteiger partial charge in [0.2, 0.25) is 0 Å². The Bertz CT molecular complexity index is 1610. The first kappa shape index (κ1) is 45.8. The molecule has 7 N–H and O–H groups in total. The van der Waals surface area contributed by atoms with Gasteiger partial charge in [0, 0.05) is 37.0 Å². The number of carboxylic acid groups (broad SMARTS) is 1. The predicted molar refractivity (Wildman–Crippen MR) is 213 cm³/mol. The van der Waals surface area contributed by atoms with E-state index in [9.17, 15) is 34.8 Å². The minimum Gasteiger partial charge on any atom is -0.481 e. The maximum absolute atomic E-state index is 12.5.